The number of hydrogen-bond acceptors (Lipinski definition) is 5. The van der Waals surface area contributed by atoms with E-state index in [2.05, 4.69) is 0 Å². The number of likely N-dealkylation sites (tertiary alicyclic amines) is 1. The van der Waals surface area contributed by atoms with Gasteiger partial charge in [0.25, 0.3) is 0 Å². The van der Waals surface area contributed by atoms with Crippen LogP contribution in [0.4, 0.5) is 0 Å². The summed E-state index contributed by atoms with van der Waals surface area (Å²) < 4.78 is 32.6. The summed E-state index contributed by atoms with van der Waals surface area (Å²) in [5.74, 6) is -1.87. The number of aliphatic carboxylic acids is 1. The van der Waals surface area contributed by atoms with Crippen molar-refractivity contribution in [1.29, 1.82) is 0 Å². The van der Waals surface area contributed by atoms with Gasteiger partial charge in [-0.25, -0.2) is 8.42 Å². The average Bonchev–Trinajstić information content (AvgIpc) is 3.69. The predicted octanol–water partition coefficient (Wildman–Crippen LogP) is 5.76. The molecule has 1 saturated carbocycles. The molecule has 1 N–H and O–H groups in total. The van der Waals surface area contributed by atoms with E-state index in [0.717, 1.165) is 24.0 Å². The normalized spacial score (nSPS) is 27.2. The Bertz CT molecular complexity index is 1390. The van der Waals surface area contributed by atoms with E-state index >= 15 is 0 Å². The van der Waals surface area contributed by atoms with Crippen LogP contribution in [-0.2, 0) is 24.2 Å². The molecule has 216 valence electrons. The number of carbonyl (C=O) groups is 2. The molecule has 0 spiro atoms. The molecule has 40 heavy (non-hydrogen) atoms. The number of carboxylic acids is 1. The maximum absolute atomic E-state index is 14.5. The van der Waals surface area contributed by atoms with Gasteiger partial charge in [0.05, 0.1) is 42.6 Å². The Labute approximate surface area is 245 Å². The van der Waals surface area contributed by atoms with Crippen LogP contribution in [0.2, 0.25) is 10.0 Å². The van der Waals surface area contributed by atoms with Crippen molar-refractivity contribution < 1.29 is 27.9 Å². The largest absolute Gasteiger partial charge is 0.481 e. The Balaban J connectivity index is 1.64. The maximum atomic E-state index is 14.5. The van der Waals surface area contributed by atoms with Crippen LogP contribution in [0.5, 0.6) is 0 Å². The van der Waals surface area contributed by atoms with Crippen molar-refractivity contribution in [3.8, 4) is 0 Å². The molecule has 2 aromatic rings. The van der Waals surface area contributed by atoms with Gasteiger partial charge in [-0.3, -0.25) is 9.59 Å². The molecule has 1 aliphatic carbocycles. The molecule has 0 unspecified atom stereocenters. The van der Waals surface area contributed by atoms with E-state index in [1.54, 1.807) is 30.0 Å². The highest BCUT2D eigenvalue weighted by Gasteiger charge is 2.55. The molecule has 3 aliphatic rings. The monoisotopic (exact) mass is 607 g/mol. The van der Waals surface area contributed by atoms with E-state index in [1.807, 2.05) is 37.3 Å². The van der Waals surface area contributed by atoms with E-state index in [-0.39, 0.29) is 42.1 Å². The first-order chi connectivity index (χ1) is 18.8. The molecular formula is C30H35Cl2NO6S. The summed E-state index contributed by atoms with van der Waals surface area (Å²) in [5.41, 5.74) is 0.0303. The van der Waals surface area contributed by atoms with E-state index in [0.29, 0.717) is 23.3 Å². The summed E-state index contributed by atoms with van der Waals surface area (Å²) in [6, 6.07) is 13.6. The van der Waals surface area contributed by atoms with Crippen molar-refractivity contribution in [3.05, 3.63) is 69.7 Å². The van der Waals surface area contributed by atoms with Crippen LogP contribution in [0.25, 0.3) is 0 Å². The first-order valence-corrected chi connectivity index (χ1v) is 16.2. The first kappa shape index (κ1) is 29.4. The van der Waals surface area contributed by atoms with Crippen molar-refractivity contribution in [2.45, 2.75) is 57.5 Å². The van der Waals surface area contributed by atoms with Crippen molar-refractivity contribution in [2.75, 3.05) is 24.7 Å². The Morgan fingerprint density at radius 2 is 1.75 bits per heavy atom. The second-order valence-electron chi connectivity index (χ2n) is 12.5. The summed E-state index contributed by atoms with van der Waals surface area (Å²) in [6.45, 7) is 4.38. The minimum atomic E-state index is -3.57. The first-order valence-electron chi connectivity index (χ1n) is 13.6. The summed E-state index contributed by atoms with van der Waals surface area (Å²) in [7, 11) is -3.57. The van der Waals surface area contributed by atoms with Crippen LogP contribution in [-0.4, -0.2) is 61.1 Å². The number of carbonyl (C=O) groups excluding carboxylic acids is 1. The number of rotatable bonds is 10. The number of piperidine rings is 1. The van der Waals surface area contributed by atoms with Gasteiger partial charge in [0.2, 0.25) is 5.91 Å². The SMILES string of the molecule is CC1(CS(=O)(=O)C[C@H](C2CC2)N2C(=O)[C@](C)(CC(=O)O)C[C@H](c3cccc(Cl)c3)[C@H]2c2ccc(Cl)cc2)COC1. The van der Waals surface area contributed by atoms with Crippen LogP contribution in [0.1, 0.15) is 62.6 Å². The fourth-order valence-corrected chi connectivity index (χ4v) is 9.18. The van der Waals surface area contributed by atoms with E-state index in [1.165, 1.54) is 0 Å². The zero-order valence-corrected chi connectivity index (χ0v) is 25.0. The third-order valence-corrected chi connectivity index (χ3v) is 11.0. The summed E-state index contributed by atoms with van der Waals surface area (Å²) in [5, 5.41) is 10.9. The Hall–Kier alpha value is -2.13. The molecule has 10 heteroatoms. The Morgan fingerprint density at radius 3 is 2.30 bits per heavy atom. The zero-order chi connectivity index (χ0) is 28.9. The van der Waals surface area contributed by atoms with Crippen LogP contribution in [0.3, 0.4) is 0 Å². The second-order valence-corrected chi connectivity index (χ2v) is 15.5. The lowest BCUT2D eigenvalue weighted by Gasteiger charge is -2.52. The molecule has 0 radical (unpaired) electrons. The van der Waals surface area contributed by atoms with E-state index < -0.39 is 38.7 Å². The summed E-state index contributed by atoms with van der Waals surface area (Å²) in [6.07, 6.45) is 1.55. The van der Waals surface area contributed by atoms with E-state index in [9.17, 15) is 23.1 Å². The number of amides is 1. The fourth-order valence-electron chi connectivity index (χ4n) is 6.55. The second kappa shape index (κ2) is 10.9. The highest BCUT2D eigenvalue weighted by molar-refractivity contribution is 7.91. The molecular weight excluding hydrogens is 573 g/mol. The fraction of sp³-hybridized carbons (Fsp3) is 0.533. The van der Waals surface area contributed by atoms with Crippen molar-refractivity contribution in [3.63, 3.8) is 0 Å². The molecule has 4 atom stereocenters. The number of carboxylic acid groups (broad SMARTS) is 1. The lowest BCUT2D eigenvalue weighted by molar-refractivity contribution is -0.160. The van der Waals surface area contributed by atoms with Gasteiger partial charge in [-0.1, -0.05) is 61.3 Å². The number of sulfone groups is 1. The topological polar surface area (TPSA) is 101 Å². The highest BCUT2D eigenvalue weighted by Crippen LogP contribution is 2.54. The van der Waals surface area contributed by atoms with Crippen molar-refractivity contribution >= 4 is 44.9 Å². The van der Waals surface area contributed by atoms with E-state index in [4.69, 9.17) is 27.9 Å². The van der Waals surface area contributed by atoms with Gasteiger partial charge in [-0.05, 0) is 60.6 Å². The van der Waals surface area contributed by atoms with Gasteiger partial charge in [0.15, 0.2) is 9.84 Å². The quantitative estimate of drug-likeness (QED) is 0.368. The maximum Gasteiger partial charge on any atom is 0.304 e. The van der Waals surface area contributed by atoms with Crippen LogP contribution < -0.4 is 0 Å². The smallest absolute Gasteiger partial charge is 0.304 e. The third kappa shape index (κ3) is 6.20. The molecule has 2 saturated heterocycles. The number of nitrogens with zero attached hydrogens (tertiary/aromatic N) is 1. The minimum Gasteiger partial charge on any atom is -0.481 e. The molecule has 1 amide bonds. The lowest BCUT2D eigenvalue weighted by Crippen LogP contribution is -2.58. The molecule has 7 nitrogen and oxygen atoms in total. The molecule has 2 heterocycles. The number of halogens is 2. The minimum absolute atomic E-state index is 0.0129. The Kier molecular flexibility index (Phi) is 8.03. The summed E-state index contributed by atoms with van der Waals surface area (Å²) in [4.78, 5) is 28.3. The lowest BCUT2D eigenvalue weighted by atomic mass is 9.67. The molecule has 5 rings (SSSR count). The van der Waals surface area contributed by atoms with Gasteiger partial charge in [-0.2, -0.15) is 0 Å². The van der Waals surface area contributed by atoms with Gasteiger partial charge in [-0.15, -0.1) is 0 Å². The predicted molar refractivity (Wildman–Crippen MR) is 154 cm³/mol. The molecule has 0 aromatic heterocycles. The van der Waals surface area contributed by atoms with Crippen LogP contribution >= 0.6 is 23.2 Å². The van der Waals surface area contributed by atoms with Crippen LogP contribution in [0, 0.1) is 16.7 Å². The molecule has 2 aromatic carbocycles. The molecule has 3 fully saturated rings. The number of benzene rings is 2. The van der Waals surface area contributed by atoms with Gasteiger partial charge >= 0.3 is 5.97 Å². The standard InChI is InChI=1S/C30H35Cl2NO6S/c1-29(16-39-17-29)18-40(37,38)15-25(19-6-7-19)33-27(20-8-10-22(31)11-9-20)24(21-4-3-5-23(32)12-21)13-30(2,28(33)36)14-26(34)35/h3-5,8-12,19,24-25,27H,6-7,13-18H2,1-2H3,(H,34,35)/t24-,25-,27-,30+/m1/s1. The highest BCUT2D eigenvalue weighted by atomic mass is 35.5. The zero-order valence-electron chi connectivity index (χ0n) is 22.7. The number of hydrogen-bond donors (Lipinski definition) is 1. The van der Waals surface area contributed by atoms with Crippen molar-refractivity contribution in [2.24, 2.45) is 16.7 Å². The molecule has 2 aliphatic heterocycles. The van der Waals surface area contributed by atoms with Gasteiger partial charge in [0.1, 0.15) is 0 Å². The third-order valence-electron chi connectivity index (χ3n) is 8.55. The Morgan fingerprint density at radius 1 is 1.07 bits per heavy atom. The average molecular weight is 609 g/mol. The molecule has 0 bridgehead atoms. The van der Waals surface area contributed by atoms with Crippen molar-refractivity contribution in [1.82, 2.24) is 4.90 Å². The van der Waals surface area contributed by atoms with Crippen LogP contribution in [0.15, 0.2) is 48.5 Å². The number of ether oxygens (including phenoxy) is 1. The van der Waals surface area contributed by atoms with Gasteiger partial charge < -0.3 is 14.7 Å². The summed E-state index contributed by atoms with van der Waals surface area (Å²) >= 11 is 12.6. The van der Waals surface area contributed by atoms with Gasteiger partial charge in [0, 0.05) is 27.4 Å².